The topological polar surface area (TPSA) is 82.5 Å². The lowest BCUT2D eigenvalue weighted by molar-refractivity contribution is 0.508. The molecule has 26 heavy (non-hydrogen) atoms. The van der Waals surface area contributed by atoms with Crippen molar-refractivity contribution in [3.05, 3.63) is 66.1 Å². The molecule has 0 saturated heterocycles. The largest absolute Gasteiger partial charge is 0.419 e. The number of tetrazole rings is 1. The zero-order valence-corrected chi connectivity index (χ0v) is 15.1. The van der Waals surface area contributed by atoms with Gasteiger partial charge in [0.15, 0.2) is 0 Å². The Morgan fingerprint density at radius 1 is 0.962 bits per heavy atom. The van der Waals surface area contributed by atoms with E-state index in [-0.39, 0.29) is 5.25 Å². The van der Waals surface area contributed by atoms with Crippen molar-refractivity contribution < 1.29 is 4.42 Å². The third-order valence-corrected chi connectivity index (χ3v) is 4.90. The molecule has 0 fully saturated rings. The smallest absolute Gasteiger partial charge is 0.247 e. The van der Waals surface area contributed by atoms with Crippen molar-refractivity contribution in [3.8, 4) is 17.1 Å². The molecule has 130 valence electrons. The summed E-state index contributed by atoms with van der Waals surface area (Å²) in [7, 11) is 0. The average Bonchev–Trinajstić information content (AvgIpc) is 3.33. The van der Waals surface area contributed by atoms with E-state index >= 15 is 0 Å². The Balaban J connectivity index is 1.57. The van der Waals surface area contributed by atoms with Gasteiger partial charge in [-0.1, -0.05) is 48.2 Å². The lowest BCUT2D eigenvalue weighted by Crippen LogP contribution is -2.02. The van der Waals surface area contributed by atoms with Gasteiger partial charge in [-0.15, -0.1) is 15.3 Å². The van der Waals surface area contributed by atoms with E-state index in [1.54, 1.807) is 4.68 Å². The molecular formula is C18H16N6OS. The molecule has 8 heteroatoms. The monoisotopic (exact) mass is 364 g/mol. The minimum absolute atomic E-state index is 0.0891. The average molecular weight is 364 g/mol. The molecule has 0 aliphatic rings. The number of thioether (sulfide) groups is 1. The fraction of sp³-hybridized carbons (Fsp3) is 0.167. The van der Waals surface area contributed by atoms with Crippen molar-refractivity contribution in [2.24, 2.45) is 0 Å². The number of benzene rings is 2. The van der Waals surface area contributed by atoms with E-state index in [9.17, 15) is 0 Å². The second-order valence-electron chi connectivity index (χ2n) is 5.73. The van der Waals surface area contributed by atoms with Crippen LogP contribution in [0, 0.1) is 6.92 Å². The molecule has 0 saturated carbocycles. The Morgan fingerprint density at radius 2 is 1.73 bits per heavy atom. The summed E-state index contributed by atoms with van der Waals surface area (Å²) in [4.78, 5) is 0. The number of aromatic nitrogens is 6. The molecule has 4 rings (SSSR count). The molecule has 7 nitrogen and oxygen atoms in total. The minimum atomic E-state index is -0.0891. The van der Waals surface area contributed by atoms with Crippen molar-refractivity contribution in [2.45, 2.75) is 24.3 Å². The van der Waals surface area contributed by atoms with Crippen LogP contribution in [0.3, 0.4) is 0 Å². The van der Waals surface area contributed by atoms with Gasteiger partial charge < -0.3 is 4.42 Å². The fourth-order valence-electron chi connectivity index (χ4n) is 2.51. The maximum Gasteiger partial charge on any atom is 0.247 e. The number of rotatable bonds is 5. The maximum atomic E-state index is 5.83. The molecule has 1 atom stereocenters. The van der Waals surface area contributed by atoms with E-state index in [4.69, 9.17) is 4.42 Å². The molecule has 0 amide bonds. The molecule has 2 aromatic heterocycles. The highest BCUT2D eigenvalue weighted by Crippen LogP contribution is 2.34. The highest BCUT2D eigenvalue weighted by atomic mass is 32.2. The molecule has 0 unspecified atom stereocenters. The van der Waals surface area contributed by atoms with Gasteiger partial charge in [0.1, 0.15) is 0 Å². The quantitative estimate of drug-likeness (QED) is 0.497. The Hall–Kier alpha value is -3.00. The lowest BCUT2D eigenvalue weighted by atomic mass is 10.2. The summed E-state index contributed by atoms with van der Waals surface area (Å²) in [5, 5.41) is 21.0. The highest BCUT2D eigenvalue weighted by Gasteiger charge is 2.20. The van der Waals surface area contributed by atoms with E-state index in [1.807, 2.05) is 68.4 Å². The van der Waals surface area contributed by atoms with E-state index in [1.165, 1.54) is 11.8 Å². The summed E-state index contributed by atoms with van der Waals surface area (Å²) in [5.41, 5.74) is 2.94. The summed E-state index contributed by atoms with van der Waals surface area (Å²) in [6.45, 7) is 4.02. The van der Waals surface area contributed by atoms with Gasteiger partial charge in [-0.05, 0) is 48.0 Å². The van der Waals surface area contributed by atoms with Crippen LogP contribution < -0.4 is 0 Å². The van der Waals surface area contributed by atoms with Gasteiger partial charge >= 0.3 is 0 Å². The van der Waals surface area contributed by atoms with E-state index in [0.717, 1.165) is 16.8 Å². The number of nitrogens with zero attached hydrogens (tertiary/aromatic N) is 6. The van der Waals surface area contributed by atoms with E-state index in [0.29, 0.717) is 16.9 Å². The summed E-state index contributed by atoms with van der Waals surface area (Å²) < 4.78 is 7.56. The molecular weight excluding hydrogens is 348 g/mol. The zero-order valence-electron chi connectivity index (χ0n) is 14.3. The Morgan fingerprint density at radius 3 is 2.54 bits per heavy atom. The zero-order chi connectivity index (χ0) is 17.9. The first-order valence-electron chi connectivity index (χ1n) is 8.12. The maximum absolute atomic E-state index is 5.83. The van der Waals surface area contributed by atoms with Crippen molar-refractivity contribution in [3.63, 3.8) is 0 Å². The highest BCUT2D eigenvalue weighted by molar-refractivity contribution is 7.99. The number of aryl methyl sites for hydroxylation is 1. The van der Waals surface area contributed by atoms with Gasteiger partial charge in [0.2, 0.25) is 16.9 Å². The minimum Gasteiger partial charge on any atom is -0.419 e. The number of hydrogen-bond acceptors (Lipinski definition) is 7. The van der Waals surface area contributed by atoms with Crippen LogP contribution in [-0.2, 0) is 0 Å². The van der Waals surface area contributed by atoms with Crippen LogP contribution in [0.1, 0.15) is 23.6 Å². The summed E-state index contributed by atoms with van der Waals surface area (Å²) in [6, 6.07) is 17.7. The van der Waals surface area contributed by atoms with Gasteiger partial charge in [-0.2, -0.15) is 4.68 Å². The first kappa shape index (κ1) is 16.5. The molecule has 2 heterocycles. The Bertz CT molecular complexity index is 1010. The fourth-order valence-corrected chi connectivity index (χ4v) is 3.34. The van der Waals surface area contributed by atoms with E-state index in [2.05, 4.69) is 25.7 Å². The molecule has 4 aromatic rings. The van der Waals surface area contributed by atoms with Crippen LogP contribution in [0.4, 0.5) is 0 Å². The molecule has 0 N–H and O–H groups in total. The van der Waals surface area contributed by atoms with Crippen molar-refractivity contribution >= 4 is 11.8 Å². The van der Waals surface area contributed by atoms with Crippen LogP contribution >= 0.6 is 11.8 Å². The van der Waals surface area contributed by atoms with Gasteiger partial charge in [0.25, 0.3) is 0 Å². The molecule has 2 aromatic carbocycles. The second-order valence-corrected chi connectivity index (χ2v) is 7.04. The van der Waals surface area contributed by atoms with Crippen LogP contribution in [0.15, 0.2) is 64.2 Å². The van der Waals surface area contributed by atoms with Gasteiger partial charge in [0, 0.05) is 5.56 Å². The summed E-state index contributed by atoms with van der Waals surface area (Å²) >= 11 is 1.47. The number of para-hydroxylation sites is 1. The molecule has 0 aliphatic carbocycles. The van der Waals surface area contributed by atoms with Crippen LogP contribution in [0.5, 0.6) is 0 Å². The lowest BCUT2D eigenvalue weighted by Gasteiger charge is -2.09. The first-order valence-corrected chi connectivity index (χ1v) is 9.00. The SMILES string of the molecule is Cc1ccccc1-n1nnnc1S[C@@H](C)c1nnc(-c2ccccc2)o1. The predicted molar refractivity (Wildman–Crippen MR) is 97.9 cm³/mol. The van der Waals surface area contributed by atoms with Crippen LogP contribution in [0.25, 0.3) is 17.1 Å². The molecule has 0 spiro atoms. The Kier molecular flexibility index (Phi) is 4.49. The van der Waals surface area contributed by atoms with Crippen LogP contribution in [0.2, 0.25) is 0 Å². The number of hydrogen-bond donors (Lipinski definition) is 0. The first-order chi connectivity index (χ1) is 12.7. The van der Waals surface area contributed by atoms with Gasteiger partial charge in [0.05, 0.1) is 10.9 Å². The van der Waals surface area contributed by atoms with Crippen LogP contribution in [-0.4, -0.2) is 30.4 Å². The van der Waals surface area contributed by atoms with Crippen molar-refractivity contribution in [1.29, 1.82) is 0 Å². The van der Waals surface area contributed by atoms with Gasteiger partial charge in [-0.25, -0.2) is 0 Å². The standard InChI is InChI=1S/C18H16N6OS/c1-12-8-6-7-11-15(12)24-18(21-22-23-24)26-13(2)16-19-20-17(25-16)14-9-4-3-5-10-14/h3-11,13H,1-2H3/t13-/m0/s1. The third kappa shape index (κ3) is 3.23. The summed E-state index contributed by atoms with van der Waals surface area (Å²) in [5.74, 6) is 1.04. The third-order valence-electron chi connectivity index (χ3n) is 3.88. The summed E-state index contributed by atoms with van der Waals surface area (Å²) in [6.07, 6.45) is 0. The molecule has 0 bridgehead atoms. The molecule has 0 aliphatic heterocycles. The van der Waals surface area contributed by atoms with Crippen molar-refractivity contribution in [2.75, 3.05) is 0 Å². The predicted octanol–water partition coefficient (Wildman–Crippen LogP) is 3.87. The second kappa shape index (κ2) is 7.09. The van der Waals surface area contributed by atoms with Gasteiger partial charge in [-0.3, -0.25) is 0 Å². The Labute approximate surface area is 154 Å². The molecule has 0 radical (unpaired) electrons. The van der Waals surface area contributed by atoms with E-state index < -0.39 is 0 Å². The van der Waals surface area contributed by atoms with Crippen molar-refractivity contribution in [1.82, 2.24) is 30.4 Å². The normalized spacial score (nSPS) is 12.2.